The van der Waals surface area contributed by atoms with Crippen LogP contribution in [0, 0.1) is 25.2 Å². The van der Waals surface area contributed by atoms with E-state index in [2.05, 4.69) is 10.6 Å². The Morgan fingerprint density at radius 1 is 1.15 bits per heavy atom. The highest BCUT2D eigenvalue weighted by Gasteiger charge is 2.26. The van der Waals surface area contributed by atoms with E-state index in [9.17, 15) is 14.9 Å². The molecule has 3 aromatic rings. The van der Waals surface area contributed by atoms with Crippen molar-refractivity contribution in [3.63, 3.8) is 0 Å². The van der Waals surface area contributed by atoms with Gasteiger partial charge in [-0.1, -0.05) is 35.3 Å². The van der Waals surface area contributed by atoms with Gasteiger partial charge in [-0.15, -0.1) is 0 Å². The van der Waals surface area contributed by atoms with Crippen LogP contribution in [-0.2, 0) is 9.53 Å². The lowest BCUT2D eigenvalue weighted by Gasteiger charge is -2.09. The number of nitrogens with zero attached hydrogens (tertiary/aromatic N) is 1. The predicted molar refractivity (Wildman–Crippen MR) is 133 cm³/mol. The number of nitrogens with one attached hydrogen (secondary N) is 2. The van der Waals surface area contributed by atoms with Gasteiger partial charge in [0.25, 0.3) is 5.91 Å². The van der Waals surface area contributed by atoms with Gasteiger partial charge in [-0.2, -0.15) is 5.26 Å². The van der Waals surface area contributed by atoms with Gasteiger partial charge in [0, 0.05) is 22.5 Å². The summed E-state index contributed by atoms with van der Waals surface area (Å²) >= 11 is 12.3. The third-order valence-electron chi connectivity index (χ3n) is 4.95. The van der Waals surface area contributed by atoms with E-state index >= 15 is 0 Å². The molecule has 2 N–H and O–H groups in total. The molecule has 0 saturated heterocycles. The molecule has 2 aromatic carbocycles. The number of aryl methyl sites for hydroxylation is 1. The Hall–Kier alpha value is -3.73. The number of benzene rings is 2. The minimum Gasteiger partial charge on any atom is -0.462 e. The number of nitriles is 1. The van der Waals surface area contributed by atoms with E-state index in [1.165, 1.54) is 6.08 Å². The van der Waals surface area contributed by atoms with E-state index in [0.29, 0.717) is 16.4 Å². The summed E-state index contributed by atoms with van der Waals surface area (Å²) in [5.41, 5.74) is 2.70. The van der Waals surface area contributed by atoms with Crippen molar-refractivity contribution < 1.29 is 18.7 Å². The highest BCUT2D eigenvalue weighted by Crippen LogP contribution is 2.36. The molecule has 0 spiro atoms. The largest absolute Gasteiger partial charge is 0.462 e. The van der Waals surface area contributed by atoms with Crippen molar-refractivity contribution in [2.24, 2.45) is 0 Å². The second-order valence-corrected chi connectivity index (χ2v) is 8.02. The zero-order valence-corrected chi connectivity index (χ0v) is 20.2. The van der Waals surface area contributed by atoms with Gasteiger partial charge >= 0.3 is 5.97 Å². The first kappa shape index (κ1) is 24.9. The molecule has 1 amide bonds. The van der Waals surface area contributed by atoms with Gasteiger partial charge in [0.1, 0.15) is 22.2 Å². The zero-order chi connectivity index (χ0) is 24.8. The minimum absolute atomic E-state index is 0.00393. The first-order chi connectivity index (χ1) is 16.2. The number of esters is 1. The molecule has 0 unspecified atom stereocenters. The van der Waals surface area contributed by atoms with Crippen molar-refractivity contribution >= 4 is 58.4 Å². The van der Waals surface area contributed by atoms with Crippen LogP contribution in [0.1, 0.15) is 34.2 Å². The Balaban J connectivity index is 1.98. The van der Waals surface area contributed by atoms with Crippen LogP contribution in [0.3, 0.4) is 0 Å². The lowest BCUT2D eigenvalue weighted by molar-refractivity contribution is -0.112. The Labute approximate surface area is 206 Å². The average Bonchev–Trinajstić information content (AvgIpc) is 3.11. The number of rotatable bonds is 7. The number of ether oxygens (including phenoxy) is 1. The Bertz CT molecular complexity index is 1300. The molecule has 9 heteroatoms. The van der Waals surface area contributed by atoms with E-state index in [4.69, 9.17) is 32.4 Å². The van der Waals surface area contributed by atoms with Crippen LogP contribution >= 0.6 is 23.2 Å². The quantitative estimate of drug-likeness (QED) is 0.214. The van der Waals surface area contributed by atoms with E-state index in [-0.39, 0.29) is 34.4 Å². The predicted octanol–water partition coefficient (Wildman–Crippen LogP) is 6.67. The second-order valence-electron chi connectivity index (χ2n) is 7.21. The number of carbonyl (C=O) groups excluding carboxylic acids is 2. The van der Waals surface area contributed by atoms with E-state index in [0.717, 1.165) is 11.1 Å². The molecule has 34 heavy (non-hydrogen) atoms. The second kappa shape index (κ2) is 10.9. The Kier molecular flexibility index (Phi) is 8.00. The zero-order valence-electron chi connectivity index (χ0n) is 18.7. The van der Waals surface area contributed by atoms with Gasteiger partial charge in [0.15, 0.2) is 5.76 Å². The first-order valence-corrected chi connectivity index (χ1v) is 11.0. The monoisotopic (exact) mass is 497 g/mol. The SMILES string of the molecule is CCOC(=O)c1c(Nc2ccc(Cl)cc2)oc(/C=C(\C#N)C(=O)Nc2cccc(C)c2C)c1Cl. The molecule has 174 valence electrons. The number of amides is 1. The van der Waals surface area contributed by atoms with Crippen molar-refractivity contribution in [1.82, 2.24) is 0 Å². The van der Waals surface area contributed by atoms with Gasteiger partial charge < -0.3 is 19.8 Å². The summed E-state index contributed by atoms with van der Waals surface area (Å²) in [6.45, 7) is 5.56. The van der Waals surface area contributed by atoms with Crippen molar-refractivity contribution in [3.8, 4) is 6.07 Å². The smallest absolute Gasteiger partial charge is 0.345 e. The molecule has 0 atom stereocenters. The fourth-order valence-electron chi connectivity index (χ4n) is 3.02. The van der Waals surface area contributed by atoms with Crippen LogP contribution in [0.25, 0.3) is 6.08 Å². The van der Waals surface area contributed by atoms with Crippen LogP contribution in [0.15, 0.2) is 52.5 Å². The fourth-order valence-corrected chi connectivity index (χ4v) is 3.40. The molecule has 0 aliphatic heterocycles. The summed E-state index contributed by atoms with van der Waals surface area (Å²) in [6.07, 6.45) is 1.18. The van der Waals surface area contributed by atoms with Crippen LogP contribution < -0.4 is 10.6 Å². The number of hydrogen-bond donors (Lipinski definition) is 2. The third-order valence-corrected chi connectivity index (χ3v) is 5.58. The van der Waals surface area contributed by atoms with Gasteiger partial charge in [-0.25, -0.2) is 4.79 Å². The maximum atomic E-state index is 12.8. The molecule has 3 rings (SSSR count). The molecule has 0 saturated carbocycles. The average molecular weight is 498 g/mol. The molecule has 0 aliphatic rings. The maximum Gasteiger partial charge on any atom is 0.345 e. The van der Waals surface area contributed by atoms with E-state index < -0.39 is 11.9 Å². The molecule has 1 heterocycles. The molecule has 1 aromatic heterocycles. The number of carbonyl (C=O) groups is 2. The molecule has 0 aliphatic carbocycles. The summed E-state index contributed by atoms with van der Waals surface area (Å²) in [6, 6.07) is 14.0. The van der Waals surface area contributed by atoms with Crippen molar-refractivity contribution in [2.45, 2.75) is 20.8 Å². The number of halogens is 2. The van der Waals surface area contributed by atoms with Gasteiger partial charge in [0.05, 0.1) is 6.61 Å². The van der Waals surface area contributed by atoms with E-state index in [1.54, 1.807) is 43.3 Å². The highest BCUT2D eigenvalue weighted by molar-refractivity contribution is 6.36. The number of hydrogen-bond acceptors (Lipinski definition) is 6. The number of anilines is 3. The summed E-state index contributed by atoms with van der Waals surface area (Å²) in [5.74, 6) is -1.41. The Morgan fingerprint density at radius 3 is 2.50 bits per heavy atom. The summed E-state index contributed by atoms with van der Waals surface area (Å²) < 4.78 is 10.8. The van der Waals surface area contributed by atoms with Crippen LogP contribution in [0.5, 0.6) is 0 Å². The third kappa shape index (κ3) is 5.60. The minimum atomic E-state index is -0.717. The van der Waals surface area contributed by atoms with Crippen molar-refractivity contribution in [3.05, 3.63) is 80.5 Å². The summed E-state index contributed by atoms with van der Waals surface area (Å²) in [7, 11) is 0. The lowest BCUT2D eigenvalue weighted by atomic mass is 10.1. The van der Waals surface area contributed by atoms with Crippen molar-refractivity contribution in [1.29, 1.82) is 5.26 Å². The first-order valence-electron chi connectivity index (χ1n) is 10.3. The standard InChI is InChI=1S/C25H21Cl2N3O4/c1-4-33-25(32)21-22(27)20(34-24(21)29-18-10-8-17(26)9-11-18)12-16(13-28)23(31)30-19-7-5-6-14(2)15(19)3/h5-12,29H,4H2,1-3H3,(H,30,31)/b16-12+. The molecule has 0 fully saturated rings. The summed E-state index contributed by atoms with van der Waals surface area (Å²) in [4.78, 5) is 25.3. The lowest BCUT2D eigenvalue weighted by Crippen LogP contribution is -2.14. The molecule has 7 nitrogen and oxygen atoms in total. The van der Waals surface area contributed by atoms with Crippen molar-refractivity contribution in [2.75, 3.05) is 17.2 Å². The van der Waals surface area contributed by atoms with E-state index in [1.807, 2.05) is 26.0 Å². The Morgan fingerprint density at radius 2 is 1.85 bits per heavy atom. The van der Waals surface area contributed by atoms with Gasteiger partial charge in [-0.3, -0.25) is 4.79 Å². The van der Waals surface area contributed by atoms with Crippen LogP contribution in [-0.4, -0.2) is 18.5 Å². The molecule has 0 radical (unpaired) electrons. The maximum absolute atomic E-state index is 12.8. The molecular formula is C25H21Cl2N3O4. The van der Waals surface area contributed by atoms with Crippen LogP contribution in [0.4, 0.5) is 17.3 Å². The van der Waals surface area contributed by atoms with Gasteiger partial charge in [0.2, 0.25) is 5.88 Å². The molecule has 0 bridgehead atoms. The molecular weight excluding hydrogens is 477 g/mol. The highest BCUT2D eigenvalue weighted by atomic mass is 35.5. The fraction of sp³-hybridized carbons (Fsp3) is 0.160. The topological polar surface area (TPSA) is 104 Å². The summed E-state index contributed by atoms with van der Waals surface area (Å²) in [5, 5.41) is 15.7. The number of furan rings is 1. The van der Waals surface area contributed by atoms with Crippen LogP contribution in [0.2, 0.25) is 10.0 Å². The normalized spacial score (nSPS) is 11.0. The van der Waals surface area contributed by atoms with Gasteiger partial charge in [-0.05, 0) is 62.2 Å².